The number of esters is 6. The van der Waals surface area contributed by atoms with E-state index in [1.54, 1.807) is 125 Å². The number of nitrogens with two attached hydrogens (primary N) is 1. The lowest BCUT2D eigenvalue weighted by Crippen LogP contribution is -2.50. The second-order valence-corrected chi connectivity index (χ2v) is 25.1. The Morgan fingerprint density at radius 3 is 1.07 bits per heavy atom. The molecule has 0 bridgehead atoms. The number of nitrogens with one attached hydrogen (secondary N) is 3. The van der Waals surface area contributed by atoms with Crippen LogP contribution in [-0.2, 0) is 71.6 Å². The van der Waals surface area contributed by atoms with Crippen molar-refractivity contribution in [2.24, 2.45) is 5.73 Å². The van der Waals surface area contributed by atoms with Crippen LogP contribution < -0.4 is 21.7 Å². The molecule has 5 N–H and O–H groups in total. The monoisotopic (exact) mass is 1080 g/mol. The Morgan fingerprint density at radius 1 is 0.395 bits per heavy atom. The molecule has 3 unspecified atom stereocenters. The van der Waals surface area contributed by atoms with Crippen LogP contribution in [0, 0.1) is 0 Å². The maximum Gasteiger partial charge on any atom is 0.323 e. The highest BCUT2D eigenvalue weighted by molar-refractivity contribution is 5.88. The lowest BCUT2D eigenvalue weighted by Gasteiger charge is -2.33. The summed E-state index contributed by atoms with van der Waals surface area (Å²) in [6.07, 6.45) is 3.80. The molecule has 76 heavy (non-hydrogen) atoms. The fourth-order valence-corrected chi connectivity index (χ4v) is 7.34. The molecule has 0 aromatic heterocycles. The van der Waals surface area contributed by atoms with Crippen molar-refractivity contribution in [3.05, 3.63) is 0 Å². The van der Waals surface area contributed by atoms with Crippen LogP contribution in [-0.4, -0.2) is 161 Å². The molecule has 0 aromatic rings. The quantitative estimate of drug-likeness (QED) is 0.0355. The largest absolute Gasteiger partial charge is 0.459 e. The molecule has 0 aliphatic rings. The molecule has 21 heteroatoms. The topological polar surface area (TPSA) is 278 Å². The molecular formula is C55H100N6O15. The highest BCUT2D eigenvalue weighted by Gasteiger charge is 2.37. The molecule has 0 rings (SSSR count). The maximum atomic E-state index is 13.7. The summed E-state index contributed by atoms with van der Waals surface area (Å²) in [7, 11) is 0. The second-order valence-electron chi connectivity index (χ2n) is 25.1. The first-order valence-electron chi connectivity index (χ1n) is 26.9. The third kappa shape index (κ3) is 37.8. The molecule has 0 heterocycles. The van der Waals surface area contributed by atoms with Gasteiger partial charge in [-0.2, -0.15) is 0 Å². The lowest BCUT2D eigenvalue weighted by atomic mass is 10.1. The summed E-state index contributed by atoms with van der Waals surface area (Å²) >= 11 is 0. The molecule has 0 spiro atoms. The third-order valence-corrected chi connectivity index (χ3v) is 10.1. The van der Waals surface area contributed by atoms with Crippen molar-refractivity contribution in [3.8, 4) is 0 Å². The molecule has 21 nitrogen and oxygen atoms in total. The van der Waals surface area contributed by atoms with Gasteiger partial charge in [-0.3, -0.25) is 53.0 Å². The molecule has 0 aliphatic heterocycles. The van der Waals surface area contributed by atoms with Gasteiger partial charge >= 0.3 is 35.8 Å². The van der Waals surface area contributed by atoms with Crippen molar-refractivity contribution >= 4 is 53.5 Å². The van der Waals surface area contributed by atoms with Gasteiger partial charge in [0.05, 0.1) is 26.2 Å². The first kappa shape index (κ1) is 71.1. The van der Waals surface area contributed by atoms with Crippen molar-refractivity contribution in [1.82, 2.24) is 25.8 Å². The summed E-state index contributed by atoms with van der Waals surface area (Å²) in [6, 6.07) is -3.16. The molecule has 0 radical (unpaired) electrons. The van der Waals surface area contributed by atoms with Crippen molar-refractivity contribution < 1.29 is 71.6 Å². The van der Waals surface area contributed by atoms with E-state index in [2.05, 4.69) is 16.0 Å². The Bertz CT molecular complexity index is 1810. The molecule has 3 atom stereocenters. The van der Waals surface area contributed by atoms with Gasteiger partial charge in [0.15, 0.2) is 0 Å². The summed E-state index contributed by atoms with van der Waals surface area (Å²) in [5, 5.41) is 8.46. The summed E-state index contributed by atoms with van der Waals surface area (Å²) < 4.78 is 33.6. The smallest absolute Gasteiger partial charge is 0.323 e. The van der Waals surface area contributed by atoms with Crippen molar-refractivity contribution in [1.29, 1.82) is 0 Å². The normalized spacial score (nSPS) is 13.7. The zero-order valence-corrected chi connectivity index (χ0v) is 49.8. The van der Waals surface area contributed by atoms with Crippen LogP contribution in [0.2, 0.25) is 0 Å². The van der Waals surface area contributed by atoms with Crippen LogP contribution >= 0.6 is 0 Å². The van der Waals surface area contributed by atoms with Gasteiger partial charge in [-0.1, -0.05) is 6.42 Å². The number of carbonyl (C=O) groups is 9. The number of amides is 3. The summed E-state index contributed by atoms with van der Waals surface area (Å²) in [5.41, 5.74) is 0.537. The van der Waals surface area contributed by atoms with Gasteiger partial charge in [-0.05, 0) is 189 Å². The minimum atomic E-state index is -1.06. The van der Waals surface area contributed by atoms with E-state index in [0.29, 0.717) is 38.6 Å². The number of carbonyl (C=O) groups excluding carboxylic acids is 9. The molecular weight excluding hydrogens is 985 g/mol. The number of unbranched alkanes of at least 4 members (excludes halogenated alkanes) is 4. The Hall–Kier alpha value is -4.89. The van der Waals surface area contributed by atoms with Gasteiger partial charge in [0.25, 0.3) is 0 Å². The predicted molar refractivity (Wildman–Crippen MR) is 288 cm³/mol. The van der Waals surface area contributed by atoms with Crippen molar-refractivity contribution in [2.75, 3.05) is 45.8 Å². The van der Waals surface area contributed by atoms with Gasteiger partial charge in [-0.15, -0.1) is 0 Å². The van der Waals surface area contributed by atoms with E-state index in [9.17, 15) is 43.2 Å². The van der Waals surface area contributed by atoms with E-state index in [-0.39, 0.29) is 57.0 Å². The number of ether oxygens (including phenoxy) is 6. The standard InChI is InChI=1S/C55H100N6O15/c1-50(2,3)71-43(64)34-60(35-44(65)72-51(4,5)6)39(48(69)75-54(13,14)15)26-21-24-32-57-41(62)30-29-38(59-42(63)28-20-19-23-31-56)47(68)58-33-25-22-27-40(49(70)76-55(16,17)18)61(36-45(66)73-52(7,8)9)37-46(67)74-53(10,11)12/h38-40H,19-37,56H2,1-18H3,(H,57,62)(H,58,68)(H,59,63). The lowest BCUT2D eigenvalue weighted by molar-refractivity contribution is -0.171. The summed E-state index contributed by atoms with van der Waals surface area (Å²) in [6.45, 7) is 30.0. The van der Waals surface area contributed by atoms with Crippen molar-refractivity contribution in [3.63, 3.8) is 0 Å². The number of hydrogen-bond donors (Lipinski definition) is 4. The van der Waals surface area contributed by atoms with E-state index < -0.39 is 120 Å². The molecule has 440 valence electrons. The average Bonchev–Trinajstić information content (AvgIpc) is 3.18. The average molecular weight is 1090 g/mol. The van der Waals surface area contributed by atoms with E-state index in [0.717, 1.165) is 12.8 Å². The predicted octanol–water partition coefficient (Wildman–Crippen LogP) is 5.73. The first-order chi connectivity index (χ1) is 34.6. The van der Waals surface area contributed by atoms with Gasteiger partial charge < -0.3 is 50.1 Å². The molecule has 0 aromatic carbocycles. The highest BCUT2D eigenvalue weighted by Crippen LogP contribution is 2.21. The third-order valence-electron chi connectivity index (χ3n) is 10.1. The second kappa shape index (κ2) is 32.8. The van der Waals surface area contributed by atoms with Gasteiger partial charge in [0.2, 0.25) is 17.7 Å². The molecule has 0 saturated heterocycles. The fraction of sp³-hybridized carbons (Fsp3) is 0.836. The van der Waals surface area contributed by atoms with E-state index in [1.165, 1.54) is 9.80 Å². The minimum absolute atomic E-state index is 0.0256. The highest BCUT2D eigenvalue weighted by atomic mass is 16.6. The van der Waals surface area contributed by atoms with E-state index >= 15 is 0 Å². The molecule has 3 amide bonds. The Kier molecular flexibility index (Phi) is 30.6. The van der Waals surface area contributed by atoms with Gasteiger partial charge in [-0.25, -0.2) is 0 Å². The number of rotatable bonds is 32. The molecule has 0 aliphatic carbocycles. The van der Waals surface area contributed by atoms with Crippen LogP contribution in [0.5, 0.6) is 0 Å². The summed E-state index contributed by atoms with van der Waals surface area (Å²) in [5.74, 6) is -5.15. The first-order valence-corrected chi connectivity index (χ1v) is 26.9. The van der Waals surface area contributed by atoms with Gasteiger partial charge in [0.1, 0.15) is 51.7 Å². The zero-order valence-electron chi connectivity index (χ0n) is 49.8. The zero-order chi connectivity index (χ0) is 58.9. The van der Waals surface area contributed by atoms with Crippen LogP contribution in [0.3, 0.4) is 0 Å². The van der Waals surface area contributed by atoms with Crippen molar-refractivity contribution in [2.45, 2.75) is 253 Å². The molecule has 0 fully saturated rings. The maximum absolute atomic E-state index is 13.7. The SMILES string of the molecule is CC(C)(C)OC(=O)CN(CC(=O)OC(C)(C)C)C(CCCCNC(=O)CCC(NC(=O)CCCCCN)C(=O)NCCCCC(C(=O)OC(C)(C)C)N(CC(=O)OC(C)(C)C)CC(=O)OC(C)(C)C)C(=O)OC(C)(C)C. The summed E-state index contributed by atoms with van der Waals surface area (Å²) in [4.78, 5) is 122. The Balaban J connectivity index is 6.10. The van der Waals surface area contributed by atoms with Gasteiger partial charge in [0, 0.05) is 25.9 Å². The Morgan fingerprint density at radius 2 is 0.737 bits per heavy atom. The molecule has 0 saturated carbocycles. The number of nitrogens with zero attached hydrogens (tertiary/aromatic N) is 2. The van der Waals surface area contributed by atoms with Crippen LogP contribution in [0.4, 0.5) is 0 Å². The number of hydrogen-bond acceptors (Lipinski definition) is 18. The minimum Gasteiger partial charge on any atom is -0.459 e. The van der Waals surface area contributed by atoms with E-state index in [1.807, 2.05) is 0 Å². The fourth-order valence-electron chi connectivity index (χ4n) is 7.34. The Labute approximate surface area is 454 Å². The van der Waals surface area contributed by atoms with Crippen LogP contribution in [0.25, 0.3) is 0 Å². The van der Waals surface area contributed by atoms with E-state index in [4.69, 9.17) is 34.2 Å². The van der Waals surface area contributed by atoms with Crippen LogP contribution in [0.1, 0.15) is 202 Å². The van der Waals surface area contributed by atoms with Crippen LogP contribution in [0.15, 0.2) is 0 Å².